The molecule has 0 saturated heterocycles. The first-order valence-corrected chi connectivity index (χ1v) is 10.1. The van der Waals surface area contributed by atoms with E-state index in [1.165, 1.54) is 0 Å². The van der Waals surface area contributed by atoms with Gasteiger partial charge in [-0.25, -0.2) is 0 Å². The maximum atomic E-state index is 12.6. The molecule has 0 fully saturated rings. The Hall–Kier alpha value is -2.86. The molecule has 0 aliphatic carbocycles. The Balaban J connectivity index is 1.90. The molecule has 0 aliphatic heterocycles. The van der Waals surface area contributed by atoms with Crippen LogP contribution in [0.1, 0.15) is 43.5 Å². The number of carbonyl (C=O) groups is 1. The molecule has 2 N–H and O–H groups in total. The van der Waals surface area contributed by atoms with Gasteiger partial charge in [-0.2, -0.15) is 0 Å². The third-order valence-corrected chi connectivity index (χ3v) is 4.17. The summed E-state index contributed by atoms with van der Waals surface area (Å²) in [7, 11) is 0. The fourth-order valence-corrected chi connectivity index (χ4v) is 2.70. The minimum absolute atomic E-state index is 0.214. The van der Waals surface area contributed by atoms with Gasteiger partial charge in [0.15, 0.2) is 5.11 Å². The number of nitrogens with one attached hydrogen (secondary N) is 2. The Kier molecular flexibility index (Phi) is 9.18. The van der Waals surface area contributed by atoms with Crippen molar-refractivity contribution in [2.24, 2.45) is 0 Å². The SMILES string of the molecule is C=C(C)COc1ccc(NC(=S)NC(=O)c2ccccc2OCCCCC)cc1. The van der Waals surface area contributed by atoms with Crippen LogP contribution < -0.4 is 20.1 Å². The van der Waals surface area contributed by atoms with E-state index < -0.39 is 0 Å². The fraction of sp³-hybridized carbons (Fsp3) is 0.304. The Morgan fingerprint density at radius 2 is 1.79 bits per heavy atom. The summed E-state index contributed by atoms with van der Waals surface area (Å²) in [5, 5.41) is 5.91. The van der Waals surface area contributed by atoms with Crippen molar-refractivity contribution in [3.63, 3.8) is 0 Å². The van der Waals surface area contributed by atoms with Crippen LogP contribution in [0.4, 0.5) is 5.69 Å². The zero-order chi connectivity index (χ0) is 21.1. The average Bonchev–Trinajstić information content (AvgIpc) is 2.71. The number of para-hydroxylation sites is 1. The fourth-order valence-electron chi connectivity index (χ4n) is 2.49. The summed E-state index contributed by atoms with van der Waals surface area (Å²) in [6.07, 6.45) is 3.17. The molecule has 0 atom stereocenters. The number of ether oxygens (including phenoxy) is 2. The van der Waals surface area contributed by atoms with Gasteiger partial charge in [-0.3, -0.25) is 10.1 Å². The molecule has 2 aromatic carbocycles. The molecule has 154 valence electrons. The van der Waals surface area contributed by atoms with Crippen molar-refractivity contribution >= 4 is 28.9 Å². The van der Waals surface area contributed by atoms with Crippen molar-refractivity contribution < 1.29 is 14.3 Å². The highest BCUT2D eigenvalue weighted by molar-refractivity contribution is 7.80. The Labute approximate surface area is 178 Å². The van der Waals surface area contributed by atoms with E-state index in [0.717, 1.165) is 36.3 Å². The van der Waals surface area contributed by atoms with Gasteiger partial charge in [-0.1, -0.05) is 38.5 Å². The van der Waals surface area contributed by atoms with Crippen molar-refractivity contribution in [1.82, 2.24) is 5.32 Å². The van der Waals surface area contributed by atoms with E-state index in [2.05, 4.69) is 24.1 Å². The number of rotatable bonds is 10. The average molecular weight is 413 g/mol. The van der Waals surface area contributed by atoms with E-state index in [1.54, 1.807) is 18.2 Å². The minimum Gasteiger partial charge on any atom is -0.493 e. The van der Waals surface area contributed by atoms with Gasteiger partial charge in [0.2, 0.25) is 0 Å². The van der Waals surface area contributed by atoms with Crippen LogP contribution in [-0.2, 0) is 0 Å². The van der Waals surface area contributed by atoms with Gasteiger partial charge in [0.1, 0.15) is 18.1 Å². The van der Waals surface area contributed by atoms with Crippen molar-refractivity contribution in [3.8, 4) is 11.5 Å². The molecule has 0 aromatic heterocycles. The van der Waals surface area contributed by atoms with E-state index in [0.29, 0.717) is 24.5 Å². The Bertz CT molecular complexity index is 834. The normalized spacial score (nSPS) is 10.1. The van der Waals surface area contributed by atoms with Gasteiger partial charge in [-0.05, 0) is 67.5 Å². The second-order valence-corrected chi connectivity index (χ2v) is 7.14. The number of hydrogen-bond donors (Lipinski definition) is 2. The molecule has 2 aromatic rings. The van der Waals surface area contributed by atoms with Gasteiger partial charge in [0.25, 0.3) is 5.91 Å². The summed E-state index contributed by atoms with van der Waals surface area (Å²) in [6, 6.07) is 14.5. The van der Waals surface area contributed by atoms with Gasteiger partial charge in [-0.15, -0.1) is 0 Å². The molecule has 6 heteroatoms. The second-order valence-electron chi connectivity index (χ2n) is 6.73. The number of amides is 1. The lowest BCUT2D eigenvalue weighted by molar-refractivity contribution is 0.0973. The van der Waals surface area contributed by atoms with Crippen molar-refractivity contribution in [1.29, 1.82) is 0 Å². The summed E-state index contributed by atoms with van der Waals surface area (Å²) in [5.74, 6) is 0.987. The summed E-state index contributed by atoms with van der Waals surface area (Å²) >= 11 is 5.27. The minimum atomic E-state index is -0.310. The van der Waals surface area contributed by atoms with Crippen molar-refractivity contribution in [2.45, 2.75) is 33.1 Å². The van der Waals surface area contributed by atoms with Gasteiger partial charge in [0.05, 0.1) is 12.2 Å². The first-order valence-electron chi connectivity index (χ1n) is 9.71. The van der Waals surface area contributed by atoms with E-state index in [1.807, 2.05) is 37.3 Å². The molecule has 2 rings (SSSR count). The summed E-state index contributed by atoms with van der Waals surface area (Å²) in [6.45, 7) is 8.91. The van der Waals surface area contributed by atoms with Crippen molar-refractivity contribution in [2.75, 3.05) is 18.5 Å². The molecular weight excluding hydrogens is 384 g/mol. The topological polar surface area (TPSA) is 59.6 Å². The van der Waals surface area contributed by atoms with Crippen LogP contribution in [0, 0.1) is 0 Å². The lowest BCUT2D eigenvalue weighted by Gasteiger charge is -2.13. The molecular formula is C23H28N2O3S. The number of hydrogen-bond acceptors (Lipinski definition) is 4. The highest BCUT2D eigenvalue weighted by Crippen LogP contribution is 2.19. The number of anilines is 1. The molecule has 29 heavy (non-hydrogen) atoms. The van der Waals surface area contributed by atoms with Crippen molar-refractivity contribution in [3.05, 3.63) is 66.2 Å². The maximum Gasteiger partial charge on any atom is 0.261 e. The number of carbonyl (C=O) groups excluding carboxylic acids is 1. The van der Waals surface area contributed by atoms with Crippen LogP contribution in [0.3, 0.4) is 0 Å². The smallest absolute Gasteiger partial charge is 0.261 e. The quantitative estimate of drug-likeness (QED) is 0.313. The predicted octanol–water partition coefficient (Wildman–Crippen LogP) is 5.34. The lowest BCUT2D eigenvalue weighted by Crippen LogP contribution is -2.34. The van der Waals surface area contributed by atoms with Crippen LogP contribution in [-0.4, -0.2) is 24.2 Å². The van der Waals surface area contributed by atoms with E-state index in [4.69, 9.17) is 21.7 Å². The monoisotopic (exact) mass is 412 g/mol. The summed E-state index contributed by atoms with van der Waals surface area (Å²) in [4.78, 5) is 12.6. The molecule has 1 amide bonds. The molecule has 0 heterocycles. The molecule has 0 spiro atoms. The highest BCUT2D eigenvalue weighted by atomic mass is 32.1. The Morgan fingerprint density at radius 1 is 1.07 bits per heavy atom. The van der Waals surface area contributed by atoms with Crippen LogP contribution in [0.15, 0.2) is 60.7 Å². The third-order valence-electron chi connectivity index (χ3n) is 3.96. The van der Waals surface area contributed by atoms with E-state index in [9.17, 15) is 4.79 Å². The Morgan fingerprint density at radius 3 is 2.48 bits per heavy atom. The van der Waals surface area contributed by atoms with E-state index in [-0.39, 0.29) is 11.0 Å². The molecule has 5 nitrogen and oxygen atoms in total. The zero-order valence-electron chi connectivity index (χ0n) is 17.0. The summed E-state index contributed by atoms with van der Waals surface area (Å²) in [5.41, 5.74) is 2.16. The second kappa shape index (κ2) is 11.9. The summed E-state index contributed by atoms with van der Waals surface area (Å²) < 4.78 is 11.3. The van der Waals surface area contributed by atoms with Gasteiger partial charge in [0, 0.05) is 5.69 Å². The van der Waals surface area contributed by atoms with E-state index >= 15 is 0 Å². The van der Waals surface area contributed by atoms with Crippen LogP contribution in [0.5, 0.6) is 11.5 Å². The highest BCUT2D eigenvalue weighted by Gasteiger charge is 2.13. The van der Waals surface area contributed by atoms with Gasteiger partial charge < -0.3 is 14.8 Å². The molecule has 0 radical (unpaired) electrons. The number of unbranched alkanes of at least 4 members (excludes halogenated alkanes) is 2. The van der Waals surface area contributed by atoms with Gasteiger partial charge >= 0.3 is 0 Å². The molecule has 0 aliphatic rings. The first-order chi connectivity index (χ1) is 14.0. The number of benzene rings is 2. The molecule has 0 saturated carbocycles. The first kappa shape index (κ1) is 22.4. The third kappa shape index (κ3) is 7.95. The molecule has 0 bridgehead atoms. The molecule has 0 unspecified atom stereocenters. The van der Waals surface area contributed by atoms with Crippen LogP contribution >= 0.6 is 12.2 Å². The largest absolute Gasteiger partial charge is 0.493 e. The predicted molar refractivity (Wildman–Crippen MR) is 122 cm³/mol. The standard InChI is InChI=1S/C23H28N2O3S/c1-4-5-8-15-27-21-10-7-6-9-20(21)22(26)25-23(29)24-18-11-13-19(14-12-18)28-16-17(2)3/h6-7,9-14H,2,4-5,8,15-16H2,1,3H3,(H2,24,25,26,29). The lowest BCUT2D eigenvalue weighted by atomic mass is 10.2. The number of thiocarbonyl (C=S) groups is 1. The van der Waals surface area contributed by atoms with Crippen LogP contribution in [0.25, 0.3) is 0 Å². The zero-order valence-corrected chi connectivity index (χ0v) is 17.8. The maximum absolute atomic E-state index is 12.6. The van der Waals surface area contributed by atoms with Crippen LogP contribution in [0.2, 0.25) is 0 Å².